The van der Waals surface area contributed by atoms with Crippen molar-refractivity contribution in [3.05, 3.63) is 29.8 Å². The van der Waals surface area contributed by atoms with Gasteiger partial charge in [-0.15, -0.1) is 24.8 Å². The number of anilines is 1. The Balaban J connectivity index is 0.00000242. The first-order valence-corrected chi connectivity index (χ1v) is 8.01. The number of carbonyl (C=O) groups is 1. The molecule has 1 amide bonds. The van der Waals surface area contributed by atoms with Crippen molar-refractivity contribution >= 4 is 36.4 Å². The summed E-state index contributed by atoms with van der Waals surface area (Å²) in [6.07, 6.45) is 7.75. The molecule has 3 N–H and O–H groups in total. The highest BCUT2D eigenvalue weighted by atomic mass is 35.5. The van der Waals surface area contributed by atoms with Crippen LogP contribution in [0, 0.1) is 0 Å². The van der Waals surface area contributed by atoms with Gasteiger partial charge >= 0.3 is 0 Å². The Labute approximate surface area is 152 Å². The summed E-state index contributed by atoms with van der Waals surface area (Å²) in [5.41, 5.74) is 6.95. The van der Waals surface area contributed by atoms with Crippen LogP contribution in [0.1, 0.15) is 48.9 Å². The predicted molar refractivity (Wildman–Crippen MR) is 102 cm³/mol. The summed E-state index contributed by atoms with van der Waals surface area (Å²) in [6, 6.07) is 7.84. The number of rotatable bonds is 6. The molecule has 0 bridgehead atoms. The van der Waals surface area contributed by atoms with E-state index in [0.29, 0.717) is 17.8 Å². The van der Waals surface area contributed by atoms with Crippen LogP contribution in [0.15, 0.2) is 24.3 Å². The number of nitrogen functional groups attached to an aromatic ring is 1. The maximum absolute atomic E-state index is 12.0. The van der Waals surface area contributed by atoms with Gasteiger partial charge in [-0.2, -0.15) is 0 Å². The molecule has 6 heteroatoms. The zero-order valence-corrected chi connectivity index (χ0v) is 15.4. The molecule has 0 heterocycles. The molecule has 2 rings (SSSR count). The highest BCUT2D eigenvalue weighted by Crippen LogP contribution is 2.21. The van der Waals surface area contributed by atoms with Gasteiger partial charge in [0.25, 0.3) is 5.91 Å². The standard InChI is InChI=1S/C17H27N3O.2ClH/c1-20(16-9-3-2-4-10-16)12-6-11-19-17(21)14-7-5-8-15(18)13-14;;/h5,7-8,13,16H,2-4,6,9-12,18H2,1H3,(H,19,21);2*1H. The van der Waals surface area contributed by atoms with Crippen LogP contribution in [0.4, 0.5) is 5.69 Å². The third-order valence-electron chi connectivity index (χ3n) is 4.32. The number of nitrogens with one attached hydrogen (secondary N) is 1. The lowest BCUT2D eigenvalue weighted by atomic mass is 9.94. The number of halogens is 2. The molecular formula is C17H29Cl2N3O. The molecule has 0 spiro atoms. The molecule has 1 fully saturated rings. The Bertz CT molecular complexity index is 465. The Hall–Kier alpha value is -0.970. The molecule has 132 valence electrons. The first kappa shape index (κ1) is 22.0. The van der Waals surface area contributed by atoms with Gasteiger partial charge in [-0.1, -0.05) is 25.3 Å². The van der Waals surface area contributed by atoms with Crippen LogP contribution in [-0.4, -0.2) is 37.0 Å². The summed E-state index contributed by atoms with van der Waals surface area (Å²) in [4.78, 5) is 14.4. The number of hydrogen-bond acceptors (Lipinski definition) is 3. The van der Waals surface area contributed by atoms with Gasteiger partial charge in [-0.25, -0.2) is 0 Å². The van der Waals surface area contributed by atoms with Gasteiger partial charge in [0.2, 0.25) is 0 Å². The molecule has 0 aromatic heterocycles. The molecule has 1 aliphatic rings. The number of amides is 1. The smallest absolute Gasteiger partial charge is 0.251 e. The van der Waals surface area contributed by atoms with Crippen LogP contribution in [0.2, 0.25) is 0 Å². The molecule has 23 heavy (non-hydrogen) atoms. The largest absolute Gasteiger partial charge is 0.399 e. The summed E-state index contributed by atoms with van der Waals surface area (Å²) in [6.45, 7) is 1.76. The minimum Gasteiger partial charge on any atom is -0.399 e. The monoisotopic (exact) mass is 361 g/mol. The Morgan fingerprint density at radius 1 is 1.26 bits per heavy atom. The summed E-state index contributed by atoms with van der Waals surface area (Å²) >= 11 is 0. The van der Waals surface area contributed by atoms with E-state index in [9.17, 15) is 4.79 Å². The first-order chi connectivity index (χ1) is 10.2. The van der Waals surface area contributed by atoms with Gasteiger partial charge < -0.3 is 16.0 Å². The van der Waals surface area contributed by atoms with Gasteiger partial charge in [0.05, 0.1) is 0 Å². The summed E-state index contributed by atoms with van der Waals surface area (Å²) in [5, 5.41) is 2.96. The van der Waals surface area contributed by atoms with E-state index in [-0.39, 0.29) is 30.7 Å². The molecule has 0 radical (unpaired) electrons. The number of nitrogens with zero attached hydrogens (tertiary/aromatic N) is 1. The van der Waals surface area contributed by atoms with Crippen molar-refractivity contribution in [2.24, 2.45) is 0 Å². The normalized spacial score (nSPS) is 14.7. The second-order valence-electron chi connectivity index (χ2n) is 6.01. The Morgan fingerprint density at radius 2 is 1.96 bits per heavy atom. The lowest BCUT2D eigenvalue weighted by Gasteiger charge is -2.31. The van der Waals surface area contributed by atoms with Gasteiger partial charge in [0.15, 0.2) is 0 Å². The van der Waals surface area contributed by atoms with E-state index >= 15 is 0 Å². The summed E-state index contributed by atoms with van der Waals surface area (Å²) in [5.74, 6) is -0.0392. The SMILES string of the molecule is CN(CCCNC(=O)c1cccc(N)c1)C1CCCCC1.Cl.Cl. The van der Waals surface area contributed by atoms with E-state index in [0.717, 1.165) is 19.0 Å². The first-order valence-electron chi connectivity index (χ1n) is 8.01. The highest BCUT2D eigenvalue weighted by molar-refractivity contribution is 5.94. The molecule has 0 atom stereocenters. The molecule has 0 aliphatic heterocycles. The summed E-state index contributed by atoms with van der Waals surface area (Å²) < 4.78 is 0. The highest BCUT2D eigenvalue weighted by Gasteiger charge is 2.17. The van der Waals surface area contributed by atoms with Crippen molar-refractivity contribution in [3.8, 4) is 0 Å². The number of nitrogens with two attached hydrogens (primary N) is 1. The molecular weight excluding hydrogens is 333 g/mol. The maximum Gasteiger partial charge on any atom is 0.251 e. The number of hydrogen-bond donors (Lipinski definition) is 2. The molecule has 0 unspecified atom stereocenters. The van der Waals surface area contributed by atoms with Crippen molar-refractivity contribution in [1.29, 1.82) is 0 Å². The van der Waals surface area contributed by atoms with Gasteiger partial charge in [0, 0.05) is 23.8 Å². The van der Waals surface area contributed by atoms with Crippen LogP contribution in [-0.2, 0) is 0 Å². The Kier molecular flexibility index (Phi) is 11.1. The topological polar surface area (TPSA) is 58.4 Å². The molecule has 1 saturated carbocycles. The van der Waals surface area contributed by atoms with Gasteiger partial charge in [0.1, 0.15) is 0 Å². The minimum absolute atomic E-state index is 0. The van der Waals surface area contributed by atoms with Crippen LogP contribution >= 0.6 is 24.8 Å². The van der Waals surface area contributed by atoms with E-state index in [1.165, 1.54) is 32.1 Å². The Morgan fingerprint density at radius 3 is 2.61 bits per heavy atom. The molecule has 4 nitrogen and oxygen atoms in total. The van der Waals surface area contributed by atoms with Crippen molar-refractivity contribution in [3.63, 3.8) is 0 Å². The van der Waals surface area contributed by atoms with Gasteiger partial charge in [-0.3, -0.25) is 4.79 Å². The zero-order valence-electron chi connectivity index (χ0n) is 13.8. The quantitative estimate of drug-likeness (QED) is 0.602. The van der Waals surface area contributed by atoms with Crippen LogP contribution < -0.4 is 11.1 Å². The fourth-order valence-electron chi connectivity index (χ4n) is 3.02. The zero-order chi connectivity index (χ0) is 15.1. The molecule has 0 saturated heterocycles. The fraction of sp³-hybridized carbons (Fsp3) is 0.588. The van der Waals surface area contributed by atoms with Crippen molar-refractivity contribution in [2.75, 3.05) is 25.9 Å². The molecule has 1 aromatic rings. The number of carbonyl (C=O) groups excluding carboxylic acids is 1. The van der Waals surface area contributed by atoms with Gasteiger partial charge in [-0.05, 0) is 51.1 Å². The van der Waals surface area contributed by atoms with Crippen molar-refractivity contribution in [1.82, 2.24) is 10.2 Å². The maximum atomic E-state index is 12.0. The number of benzene rings is 1. The predicted octanol–water partition coefficient (Wildman–Crippen LogP) is 3.50. The lowest BCUT2D eigenvalue weighted by Crippen LogP contribution is -2.35. The fourth-order valence-corrected chi connectivity index (χ4v) is 3.02. The van der Waals surface area contributed by atoms with E-state index in [1.54, 1.807) is 24.3 Å². The average Bonchev–Trinajstić information content (AvgIpc) is 2.52. The second kappa shape index (κ2) is 11.5. The summed E-state index contributed by atoms with van der Waals surface area (Å²) in [7, 11) is 2.20. The van der Waals surface area contributed by atoms with E-state index in [2.05, 4.69) is 17.3 Å². The van der Waals surface area contributed by atoms with Crippen LogP contribution in [0.5, 0.6) is 0 Å². The third kappa shape index (κ3) is 7.42. The van der Waals surface area contributed by atoms with E-state index < -0.39 is 0 Å². The molecule has 1 aliphatic carbocycles. The van der Waals surface area contributed by atoms with Crippen molar-refractivity contribution < 1.29 is 4.79 Å². The minimum atomic E-state index is -0.0392. The van der Waals surface area contributed by atoms with Crippen LogP contribution in [0.25, 0.3) is 0 Å². The lowest BCUT2D eigenvalue weighted by molar-refractivity contribution is 0.0950. The second-order valence-corrected chi connectivity index (χ2v) is 6.01. The molecule has 1 aromatic carbocycles. The third-order valence-corrected chi connectivity index (χ3v) is 4.32. The average molecular weight is 362 g/mol. The van der Waals surface area contributed by atoms with Crippen LogP contribution in [0.3, 0.4) is 0 Å². The van der Waals surface area contributed by atoms with E-state index in [1.807, 2.05) is 0 Å². The van der Waals surface area contributed by atoms with E-state index in [4.69, 9.17) is 5.73 Å². The van der Waals surface area contributed by atoms with Crippen molar-refractivity contribution in [2.45, 2.75) is 44.6 Å².